The van der Waals surface area contributed by atoms with Gasteiger partial charge in [0.05, 0.1) is 11.7 Å². The van der Waals surface area contributed by atoms with Crippen LogP contribution in [0.3, 0.4) is 0 Å². The number of carbonyl (C=O) groups is 2. The molecule has 0 aromatic heterocycles. The fourth-order valence-corrected chi connectivity index (χ4v) is 6.92. The largest absolute Gasteiger partial charge is 0.376 e. The van der Waals surface area contributed by atoms with Crippen molar-refractivity contribution in [2.24, 2.45) is 23.2 Å². The molecule has 4 aliphatic rings. The van der Waals surface area contributed by atoms with Gasteiger partial charge in [-0.05, 0) is 76.2 Å². The molecule has 4 rings (SSSR count). The van der Waals surface area contributed by atoms with Crippen LogP contribution in [0.25, 0.3) is 0 Å². The van der Waals surface area contributed by atoms with E-state index in [0.717, 1.165) is 24.8 Å². The molecule has 29 heavy (non-hydrogen) atoms. The molecule has 0 aromatic carbocycles. The van der Waals surface area contributed by atoms with E-state index in [0.29, 0.717) is 25.0 Å². The molecule has 3 aliphatic carbocycles. The quantitative estimate of drug-likeness (QED) is 0.555. The van der Waals surface area contributed by atoms with E-state index in [9.17, 15) is 14.7 Å². The first-order valence-electron chi connectivity index (χ1n) is 11.0. The summed E-state index contributed by atoms with van der Waals surface area (Å²) in [6.45, 7) is 10.7. The van der Waals surface area contributed by atoms with E-state index in [-0.39, 0.29) is 40.3 Å². The molecule has 0 aromatic rings. The van der Waals surface area contributed by atoms with Crippen molar-refractivity contribution in [1.29, 1.82) is 0 Å². The minimum atomic E-state index is -1.69. The molecular weight excluding hydrogens is 364 g/mol. The van der Waals surface area contributed by atoms with Gasteiger partial charge in [0.15, 0.2) is 11.4 Å². The highest BCUT2D eigenvalue weighted by Gasteiger charge is 2.63. The minimum absolute atomic E-state index is 0.0442. The van der Waals surface area contributed by atoms with Gasteiger partial charge in [0, 0.05) is 11.5 Å². The number of ether oxygens (including phenoxy) is 1. The van der Waals surface area contributed by atoms with Crippen LogP contribution in [-0.2, 0) is 14.3 Å². The molecular formula is C25H34O4. The van der Waals surface area contributed by atoms with Crippen LogP contribution in [0.4, 0.5) is 0 Å². The standard InChI is InChI=1S/C25H34O4/c1-15(2)10-19-12-17(4)24(29-19)9-8-23(5)13-20-16(3)11-22(27)25(20,28)18(14-26)6-7-21(23)24/h6,10-11,14,17,19-21,28H,7-9,12-13H2,1-5H3/b18-6-/t17-,19-,20+,21+,23+,24-,25-/m0/s1. The van der Waals surface area contributed by atoms with Gasteiger partial charge in [-0.15, -0.1) is 0 Å². The Hall–Kier alpha value is -1.52. The van der Waals surface area contributed by atoms with Crippen LogP contribution in [0, 0.1) is 23.2 Å². The first kappa shape index (κ1) is 20.7. The maximum atomic E-state index is 12.7. The Morgan fingerprint density at radius 2 is 2.03 bits per heavy atom. The van der Waals surface area contributed by atoms with Crippen molar-refractivity contribution in [3.63, 3.8) is 0 Å². The van der Waals surface area contributed by atoms with Gasteiger partial charge in [0.2, 0.25) is 0 Å². The average Bonchev–Trinajstić information content (AvgIpc) is 3.15. The van der Waals surface area contributed by atoms with Gasteiger partial charge in [-0.25, -0.2) is 0 Å². The molecule has 1 spiro atoms. The smallest absolute Gasteiger partial charge is 0.192 e. The molecule has 0 bridgehead atoms. The van der Waals surface area contributed by atoms with Crippen LogP contribution in [0.5, 0.6) is 0 Å². The molecule has 4 nitrogen and oxygen atoms in total. The maximum Gasteiger partial charge on any atom is 0.192 e. The topological polar surface area (TPSA) is 63.6 Å². The highest BCUT2D eigenvalue weighted by atomic mass is 16.5. The fraction of sp³-hybridized carbons (Fsp3) is 0.680. The van der Waals surface area contributed by atoms with Gasteiger partial charge in [0.25, 0.3) is 0 Å². The number of hydrogen-bond donors (Lipinski definition) is 1. The second kappa shape index (κ2) is 6.75. The lowest BCUT2D eigenvalue weighted by atomic mass is 9.61. The summed E-state index contributed by atoms with van der Waals surface area (Å²) in [7, 11) is 0. The third-order valence-corrected chi connectivity index (χ3v) is 8.43. The number of hydrogen-bond acceptors (Lipinski definition) is 4. The lowest BCUT2D eigenvalue weighted by molar-refractivity contribution is -0.134. The molecule has 158 valence electrons. The van der Waals surface area contributed by atoms with E-state index in [1.165, 1.54) is 11.6 Å². The van der Waals surface area contributed by atoms with Crippen LogP contribution < -0.4 is 0 Å². The van der Waals surface area contributed by atoms with E-state index in [1.807, 2.05) is 13.0 Å². The van der Waals surface area contributed by atoms with Crippen molar-refractivity contribution in [2.75, 3.05) is 0 Å². The fourth-order valence-electron chi connectivity index (χ4n) is 6.92. The zero-order chi connectivity index (χ0) is 21.2. The Kier molecular flexibility index (Phi) is 4.83. The number of ketones is 1. The summed E-state index contributed by atoms with van der Waals surface area (Å²) in [6.07, 6.45) is 10.8. The van der Waals surface area contributed by atoms with Crippen molar-refractivity contribution in [2.45, 2.75) is 84.0 Å². The zero-order valence-corrected chi connectivity index (χ0v) is 18.3. The van der Waals surface area contributed by atoms with Crippen LogP contribution in [0.1, 0.15) is 66.7 Å². The molecule has 7 atom stereocenters. The number of rotatable bonds is 2. The molecule has 0 amide bonds. The maximum absolute atomic E-state index is 12.7. The second-order valence-corrected chi connectivity index (χ2v) is 10.5. The lowest BCUT2D eigenvalue weighted by Crippen LogP contribution is -2.50. The van der Waals surface area contributed by atoms with Gasteiger partial charge in [-0.1, -0.05) is 37.1 Å². The highest BCUT2D eigenvalue weighted by molar-refractivity contribution is 6.07. The predicted octanol–water partition coefficient (Wildman–Crippen LogP) is 4.33. The van der Waals surface area contributed by atoms with Gasteiger partial charge in [-0.3, -0.25) is 9.59 Å². The van der Waals surface area contributed by atoms with Crippen LogP contribution in [-0.4, -0.2) is 34.5 Å². The molecule has 0 unspecified atom stereocenters. The van der Waals surface area contributed by atoms with Crippen LogP contribution in [0.15, 0.2) is 34.9 Å². The predicted molar refractivity (Wildman–Crippen MR) is 112 cm³/mol. The van der Waals surface area contributed by atoms with E-state index < -0.39 is 5.60 Å². The Balaban J connectivity index is 1.76. The summed E-state index contributed by atoms with van der Waals surface area (Å²) in [5.74, 6) is 0.0219. The number of aldehydes is 1. The summed E-state index contributed by atoms with van der Waals surface area (Å²) >= 11 is 0. The molecule has 1 N–H and O–H groups in total. The second-order valence-electron chi connectivity index (χ2n) is 10.5. The average molecular weight is 399 g/mol. The molecule has 4 heteroatoms. The van der Waals surface area contributed by atoms with Crippen molar-refractivity contribution >= 4 is 12.1 Å². The first-order valence-corrected chi connectivity index (χ1v) is 11.0. The summed E-state index contributed by atoms with van der Waals surface area (Å²) in [5.41, 5.74) is 0.453. The van der Waals surface area contributed by atoms with E-state index >= 15 is 0 Å². The van der Waals surface area contributed by atoms with E-state index in [1.54, 1.807) is 0 Å². The first-order chi connectivity index (χ1) is 13.6. The summed E-state index contributed by atoms with van der Waals surface area (Å²) < 4.78 is 6.78. The Morgan fingerprint density at radius 3 is 2.69 bits per heavy atom. The summed E-state index contributed by atoms with van der Waals surface area (Å²) in [5, 5.41) is 11.4. The number of allylic oxidation sites excluding steroid dienone is 2. The van der Waals surface area contributed by atoms with Crippen molar-refractivity contribution < 1.29 is 19.4 Å². The molecule has 1 aliphatic heterocycles. The Labute approximate surface area is 174 Å². The van der Waals surface area contributed by atoms with Gasteiger partial charge in [0.1, 0.15) is 6.29 Å². The number of aliphatic hydroxyl groups is 1. The Morgan fingerprint density at radius 1 is 1.31 bits per heavy atom. The molecule has 1 saturated heterocycles. The number of fused-ring (bicyclic) bond motifs is 3. The highest BCUT2D eigenvalue weighted by Crippen LogP contribution is 2.63. The number of carbonyl (C=O) groups excluding carboxylic acids is 2. The van der Waals surface area contributed by atoms with Crippen molar-refractivity contribution in [3.05, 3.63) is 34.9 Å². The van der Waals surface area contributed by atoms with E-state index in [4.69, 9.17) is 4.74 Å². The summed E-state index contributed by atoms with van der Waals surface area (Å²) in [6, 6.07) is 0. The Bertz CT molecular complexity index is 832. The van der Waals surface area contributed by atoms with Crippen molar-refractivity contribution in [1.82, 2.24) is 0 Å². The van der Waals surface area contributed by atoms with Crippen molar-refractivity contribution in [3.8, 4) is 0 Å². The van der Waals surface area contributed by atoms with Gasteiger partial charge in [-0.2, -0.15) is 0 Å². The zero-order valence-electron chi connectivity index (χ0n) is 18.3. The monoisotopic (exact) mass is 398 g/mol. The van der Waals surface area contributed by atoms with Crippen LogP contribution in [0.2, 0.25) is 0 Å². The van der Waals surface area contributed by atoms with E-state index in [2.05, 4.69) is 33.8 Å². The third-order valence-electron chi connectivity index (χ3n) is 8.43. The molecule has 0 radical (unpaired) electrons. The molecule has 1 saturated carbocycles. The van der Waals surface area contributed by atoms with Crippen LogP contribution >= 0.6 is 0 Å². The molecule has 2 fully saturated rings. The minimum Gasteiger partial charge on any atom is -0.376 e. The van der Waals surface area contributed by atoms with Gasteiger partial charge < -0.3 is 9.84 Å². The summed E-state index contributed by atoms with van der Waals surface area (Å²) in [4.78, 5) is 24.6. The molecule has 1 heterocycles. The lowest BCUT2D eigenvalue weighted by Gasteiger charge is -2.46. The normalized spacial score (nSPS) is 48.3. The van der Waals surface area contributed by atoms with Gasteiger partial charge >= 0.3 is 0 Å². The third kappa shape index (κ3) is 2.86. The SMILES string of the molecule is CC(C)=C[C@H]1C[C@H](C)[C@]2(CC[C@]3(C)C[C@@H]4C(C)=CC(=O)[C@]4(O)/C(C=O)=C\C[C@H]32)O1.